The molecule has 0 amide bonds. The molecule has 2 nitrogen and oxygen atoms in total. The first-order valence-corrected chi connectivity index (χ1v) is 7.03. The molecule has 0 aliphatic carbocycles. The van der Waals surface area contributed by atoms with Crippen LogP contribution in [-0.2, 0) is 13.2 Å². The summed E-state index contributed by atoms with van der Waals surface area (Å²) in [4.78, 5) is 0. The Balaban J connectivity index is 2.61. The fourth-order valence-electron chi connectivity index (χ4n) is 1.91. The van der Waals surface area contributed by atoms with Gasteiger partial charge in [0.15, 0.2) is 0 Å². The summed E-state index contributed by atoms with van der Waals surface area (Å²) in [6.45, 7) is -0.0641. The number of benzene rings is 2. The lowest BCUT2D eigenvalue weighted by Gasteiger charge is -2.12. The van der Waals surface area contributed by atoms with E-state index in [9.17, 15) is 10.2 Å². The van der Waals surface area contributed by atoms with E-state index in [4.69, 9.17) is 0 Å². The fourth-order valence-corrected chi connectivity index (χ4v) is 2.73. The Morgan fingerprint density at radius 1 is 0.722 bits per heavy atom. The molecule has 2 rings (SSSR count). The normalized spacial score (nSPS) is 10.7. The number of aliphatic hydroxyl groups excluding tert-OH is 2. The molecule has 0 unspecified atom stereocenters. The summed E-state index contributed by atoms with van der Waals surface area (Å²) in [6, 6.07) is 11.5. The minimum absolute atomic E-state index is 0.0320. The van der Waals surface area contributed by atoms with Crippen LogP contribution in [0.15, 0.2) is 45.3 Å². The van der Waals surface area contributed by atoms with Gasteiger partial charge in [0, 0.05) is 8.95 Å². The van der Waals surface area contributed by atoms with E-state index in [1.54, 1.807) is 0 Å². The van der Waals surface area contributed by atoms with Crippen molar-refractivity contribution in [1.29, 1.82) is 0 Å². The predicted molar refractivity (Wildman–Crippen MR) is 79.1 cm³/mol. The van der Waals surface area contributed by atoms with Crippen LogP contribution >= 0.6 is 31.9 Å². The molecule has 0 radical (unpaired) electrons. The molecule has 0 atom stereocenters. The molecule has 4 heteroatoms. The second kappa shape index (κ2) is 5.97. The molecule has 0 aliphatic heterocycles. The Labute approximate surface area is 123 Å². The van der Waals surface area contributed by atoms with Crippen molar-refractivity contribution >= 4 is 31.9 Å². The van der Waals surface area contributed by atoms with Gasteiger partial charge in [-0.25, -0.2) is 0 Å². The quantitative estimate of drug-likeness (QED) is 0.859. The lowest BCUT2D eigenvalue weighted by Crippen LogP contribution is -1.94. The first kappa shape index (κ1) is 13.7. The van der Waals surface area contributed by atoms with Gasteiger partial charge in [-0.15, -0.1) is 0 Å². The van der Waals surface area contributed by atoms with Crippen LogP contribution in [0.4, 0.5) is 0 Å². The maximum absolute atomic E-state index is 9.43. The van der Waals surface area contributed by atoms with Gasteiger partial charge in [0.1, 0.15) is 0 Å². The summed E-state index contributed by atoms with van der Waals surface area (Å²) in [5.41, 5.74) is 3.55. The van der Waals surface area contributed by atoms with Gasteiger partial charge in [0.2, 0.25) is 0 Å². The Morgan fingerprint density at radius 2 is 1.11 bits per heavy atom. The molecule has 94 valence electrons. The monoisotopic (exact) mass is 370 g/mol. The lowest BCUT2D eigenvalue weighted by atomic mass is 9.96. The summed E-state index contributed by atoms with van der Waals surface area (Å²) < 4.78 is 1.86. The first-order valence-electron chi connectivity index (χ1n) is 5.44. The van der Waals surface area contributed by atoms with E-state index in [1.807, 2.05) is 36.4 Å². The standard InChI is InChI=1S/C14H12Br2O2/c15-11-1-3-13(9(5-11)7-17)14-4-2-12(16)6-10(14)8-18/h1-6,17-18H,7-8H2. The van der Waals surface area contributed by atoms with Gasteiger partial charge in [0.25, 0.3) is 0 Å². The topological polar surface area (TPSA) is 40.5 Å². The minimum atomic E-state index is -0.0320. The predicted octanol–water partition coefficient (Wildman–Crippen LogP) is 3.86. The van der Waals surface area contributed by atoms with Gasteiger partial charge < -0.3 is 10.2 Å². The average molecular weight is 372 g/mol. The Hall–Kier alpha value is -0.680. The number of rotatable bonds is 3. The zero-order valence-electron chi connectivity index (χ0n) is 9.53. The van der Waals surface area contributed by atoms with Gasteiger partial charge >= 0.3 is 0 Å². The molecule has 0 aliphatic rings. The molecule has 0 fully saturated rings. The SMILES string of the molecule is OCc1cc(Br)ccc1-c1ccc(Br)cc1CO. The summed E-state index contributed by atoms with van der Waals surface area (Å²) in [5.74, 6) is 0. The summed E-state index contributed by atoms with van der Waals surface area (Å²) in [6.07, 6.45) is 0. The van der Waals surface area contributed by atoms with Crippen molar-refractivity contribution < 1.29 is 10.2 Å². The molecule has 0 spiro atoms. The van der Waals surface area contributed by atoms with Gasteiger partial charge in [0.05, 0.1) is 13.2 Å². The second-order valence-corrected chi connectivity index (χ2v) is 5.75. The molecular formula is C14H12Br2O2. The zero-order valence-corrected chi connectivity index (χ0v) is 12.7. The van der Waals surface area contributed by atoms with E-state index in [0.717, 1.165) is 31.2 Å². The van der Waals surface area contributed by atoms with E-state index in [-0.39, 0.29) is 13.2 Å². The van der Waals surface area contributed by atoms with Crippen molar-refractivity contribution in [3.05, 3.63) is 56.5 Å². The van der Waals surface area contributed by atoms with Gasteiger partial charge in [-0.1, -0.05) is 44.0 Å². The van der Waals surface area contributed by atoms with Crippen molar-refractivity contribution in [2.24, 2.45) is 0 Å². The second-order valence-electron chi connectivity index (χ2n) is 3.92. The Bertz CT molecular complexity index is 516. The Kier molecular flexibility index (Phi) is 4.56. The van der Waals surface area contributed by atoms with Gasteiger partial charge in [-0.05, 0) is 46.5 Å². The van der Waals surface area contributed by atoms with Crippen molar-refractivity contribution in [3.8, 4) is 11.1 Å². The number of halogens is 2. The van der Waals surface area contributed by atoms with Crippen LogP contribution in [0, 0.1) is 0 Å². The van der Waals surface area contributed by atoms with Crippen molar-refractivity contribution in [2.75, 3.05) is 0 Å². The first-order chi connectivity index (χ1) is 8.65. The highest BCUT2D eigenvalue weighted by molar-refractivity contribution is 9.10. The minimum Gasteiger partial charge on any atom is -0.392 e. The Morgan fingerprint density at radius 3 is 1.44 bits per heavy atom. The maximum Gasteiger partial charge on any atom is 0.0688 e. The molecule has 2 aromatic carbocycles. The third kappa shape index (κ3) is 2.83. The third-order valence-corrected chi connectivity index (χ3v) is 3.75. The molecule has 0 saturated carbocycles. The summed E-state index contributed by atoms with van der Waals surface area (Å²) >= 11 is 6.78. The van der Waals surface area contributed by atoms with Crippen LogP contribution in [0.5, 0.6) is 0 Å². The van der Waals surface area contributed by atoms with Crippen LogP contribution in [0.1, 0.15) is 11.1 Å². The smallest absolute Gasteiger partial charge is 0.0688 e. The van der Waals surface area contributed by atoms with E-state index in [1.165, 1.54) is 0 Å². The molecule has 0 heterocycles. The van der Waals surface area contributed by atoms with E-state index < -0.39 is 0 Å². The molecular weight excluding hydrogens is 360 g/mol. The maximum atomic E-state index is 9.43. The fraction of sp³-hybridized carbons (Fsp3) is 0.143. The number of hydrogen-bond acceptors (Lipinski definition) is 2. The van der Waals surface area contributed by atoms with Crippen LogP contribution < -0.4 is 0 Å². The third-order valence-electron chi connectivity index (χ3n) is 2.77. The lowest BCUT2D eigenvalue weighted by molar-refractivity contribution is 0.280. The number of hydrogen-bond donors (Lipinski definition) is 2. The molecule has 18 heavy (non-hydrogen) atoms. The molecule has 0 aromatic heterocycles. The average Bonchev–Trinajstić information content (AvgIpc) is 2.38. The van der Waals surface area contributed by atoms with Gasteiger partial charge in [-0.3, -0.25) is 0 Å². The van der Waals surface area contributed by atoms with Crippen LogP contribution in [0.2, 0.25) is 0 Å². The van der Waals surface area contributed by atoms with Crippen LogP contribution in [0.3, 0.4) is 0 Å². The molecule has 0 bridgehead atoms. The highest BCUT2D eigenvalue weighted by Crippen LogP contribution is 2.31. The van der Waals surface area contributed by atoms with E-state index in [2.05, 4.69) is 31.9 Å². The largest absolute Gasteiger partial charge is 0.392 e. The highest BCUT2D eigenvalue weighted by atomic mass is 79.9. The summed E-state index contributed by atoms with van der Waals surface area (Å²) in [7, 11) is 0. The zero-order chi connectivity index (χ0) is 13.1. The van der Waals surface area contributed by atoms with Crippen molar-refractivity contribution in [2.45, 2.75) is 13.2 Å². The molecule has 2 N–H and O–H groups in total. The summed E-state index contributed by atoms with van der Waals surface area (Å²) in [5, 5.41) is 18.9. The van der Waals surface area contributed by atoms with Crippen LogP contribution in [0.25, 0.3) is 11.1 Å². The van der Waals surface area contributed by atoms with E-state index in [0.29, 0.717) is 0 Å². The molecule has 2 aromatic rings. The highest BCUT2D eigenvalue weighted by Gasteiger charge is 2.09. The van der Waals surface area contributed by atoms with Crippen LogP contribution in [-0.4, -0.2) is 10.2 Å². The van der Waals surface area contributed by atoms with Crippen molar-refractivity contribution in [3.63, 3.8) is 0 Å². The van der Waals surface area contributed by atoms with Crippen molar-refractivity contribution in [1.82, 2.24) is 0 Å². The van der Waals surface area contributed by atoms with Gasteiger partial charge in [-0.2, -0.15) is 0 Å². The van der Waals surface area contributed by atoms with E-state index >= 15 is 0 Å². The number of aliphatic hydroxyl groups is 2. The molecule has 0 saturated heterocycles.